The van der Waals surface area contributed by atoms with E-state index in [1.54, 1.807) is 14.0 Å². The molecule has 43 valence electrons. The Hall–Kier alpha value is -0.990. The average Bonchev–Trinajstić information content (AvgIpc) is 1.85. The van der Waals surface area contributed by atoms with Gasteiger partial charge in [-0.1, -0.05) is 0 Å². The molecule has 8 heavy (non-hydrogen) atoms. The Bertz CT molecular complexity index is 173. The van der Waals surface area contributed by atoms with Gasteiger partial charge >= 0.3 is 0 Å². The molecule has 1 heterocycles. The standard InChI is InChI=1S/C5H7N2O/c1-4-3-5(8)7(2)6-4/h8H,1-2H3. The molecular weight excluding hydrogens is 104 g/mol. The maximum absolute atomic E-state index is 8.78. The fourth-order valence-corrected chi connectivity index (χ4v) is 0.540. The Kier molecular flexibility index (Phi) is 0.970. The van der Waals surface area contributed by atoms with Crippen LogP contribution in [-0.4, -0.2) is 14.9 Å². The molecule has 0 aliphatic heterocycles. The third kappa shape index (κ3) is 0.665. The zero-order valence-electron chi connectivity index (χ0n) is 4.84. The van der Waals surface area contributed by atoms with Crippen LogP contribution in [0.5, 0.6) is 5.88 Å². The maximum atomic E-state index is 8.78. The van der Waals surface area contributed by atoms with Crippen LogP contribution < -0.4 is 0 Å². The minimum absolute atomic E-state index is 0.0856. The Labute approximate surface area is 47.6 Å². The molecule has 1 N–H and O–H groups in total. The largest absolute Gasteiger partial charge is 0.493 e. The predicted octanol–water partition coefficient (Wildman–Crippen LogP) is 0.234. The molecule has 1 aromatic heterocycles. The van der Waals surface area contributed by atoms with E-state index in [0.717, 1.165) is 0 Å². The van der Waals surface area contributed by atoms with Crippen LogP contribution in [0.3, 0.4) is 0 Å². The summed E-state index contributed by atoms with van der Waals surface area (Å²) in [7, 11) is 1.67. The number of aryl methyl sites for hydroxylation is 2. The summed E-state index contributed by atoms with van der Waals surface area (Å²) in [5.41, 5.74) is 0.713. The van der Waals surface area contributed by atoms with Crippen LogP contribution in [0, 0.1) is 13.0 Å². The van der Waals surface area contributed by atoms with Crippen LogP contribution in [0.4, 0.5) is 0 Å². The van der Waals surface area contributed by atoms with E-state index in [2.05, 4.69) is 11.2 Å². The second-order valence-electron chi connectivity index (χ2n) is 1.66. The second-order valence-corrected chi connectivity index (χ2v) is 1.66. The molecule has 0 aliphatic rings. The van der Waals surface area contributed by atoms with Crippen molar-refractivity contribution < 1.29 is 5.11 Å². The van der Waals surface area contributed by atoms with Crippen molar-refractivity contribution in [1.82, 2.24) is 9.78 Å². The number of aromatic nitrogens is 2. The molecule has 0 fully saturated rings. The van der Waals surface area contributed by atoms with Gasteiger partial charge in [0.1, 0.15) is 0 Å². The third-order valence-corrected chi connectivity index (χ3v) is 0.899. The van der Waals surface area contributed by atoms with Gasteiger partial charge < -0.3 is 5.11 Å². The van der Waals surface area contributed by atoms with Gasteiger partial charge in [-0.15, -0.1) is 0 Å². The lowest BCUT2D eigenvalue weighted by Crippen LogP contribution is -1.88. The van der Waals surface area contributed by atoms with Gasteiger partial charge in [-0.05, 0) is 6.92 Å². The zero-order valence-corrected chi connectivity index (χ0v) is 4.84. The maximum Gasteiger partial charge on any atom is 0.217 e. The zero-order chi connectivity index (χ0) is 6.15. The van der Waals surface area contributed by atoms with E-state index in [4.69, 9.17) is 5.11 Å². The van der Waals surface area contributed by atoms with Gasteiger partial charge in [-0.2, -0.15) is 5.10 Å². The number of nitrogens with zero attached hydrogens (tertiary/aromatic N) is 2. The van der Waals surface area contributed by atoms with Gasteiger partial charge in [-0.3, -0.25) is 0 Å². The van der Waals surface area contributed by atoms with Gasteiger partial charge in [0, 0.05) is 7.05 Å². The lowest BCUT2D eigenvalue weighted by Gasteiger charge is -1.86. The Morgan fingerprint density at radius 2 is 2.38 bits per heavy atom. The highest BCUT2D eigenvalue weighted by atomic mass is 16.3. The highest BCUT2D eigenvalue weighted by Gasteiger charge is 1.95. The summed E-state index contributed by atoms with van der Waals surface area (Å²) < 4.78 is 1.37. The SMILES string of the molecule is Cc1[c]c(O)n(C)n1. The number of rotatable bonds is 0. The van der Waals surface area contributed by atoms with Crippen molar-refractivity contribution in [2.24, 2.45) is 7.05 Å². The first-order valence-electron chi connectivity index (χ1n) is 2.32. The van der Waals surface area contributed by atoms with E-state index in [9.17, 15) is 0 Å². The van der Waals surface area contributed by atoms with E-state index in [1.165, 1.54) is 4.68 Å². The first kappa shape index (κ1) is 5.15. The molecule has 0 atom stereocenters. The monoisotopic (exact) mass is 111 g/mol. The molecule has 0 spiro atoms. The summed E-state index contributed by atoms with van der Waals surface area (Å²) in [6.45, 7) is 1.78. The van der Waals surface area contributed by atoms with E-state index in [1.807, 2.05) is 0 Å². The van der Waals surface area contributed by atoms with Gasteiger partial charge in [0.2, 0.25) is 5.88 Å². The Balaban J connectivity index is 3.14. The number of hydrogen-bond acceptors (Lipinski definition) is 2. The van der Waals surface area contributed by atoms with Crippen molar-refractivity contribution in [2.75, 3.05) is 0 Å². The lowest BCUT2D eigenvalue weighted by atomic mass is 10.5. The van der Waals surface area contributed by atoms with Gasteiger partial charge in [0.15, 0.2) is 0 Å². The van der Waals surface area contributed by atoms with Crippen LogP contribution >= 0.6 is 0 Å². The highest BCUT2D eigenvalue weighted by Crippen LogP contribution is 2.05. The minimum Gasteiger partial charge on any atom is -0.493 e. The molecule has 0 saturated carbocycles. The van der Waals surface area contributed by atoms with Crippen molar-refractivity contribution >= 4 is 0 Å². The second kappa shape index (κ2) is 1.51. The summed E-state index contributed by atoms with van der Waals surface area (Å²) >= 11 is 0. The highest BCUT2D eigenvalue weighted by molar-refractivity contribution is 5.09. The van der Waals surface area contributed by atoms with Crippen LogP contribution in [0.1, 0.15) is 5.69 Å². The summed E-state index contributed by atoms with van der Waals surface area (Å²) in [6, 6.07) is 2.61. The molecule has 0 saturated heterocycles. The predicted molar refractivity (Wildman–Crippen MR) is 28.4 cm³/mol. The van der Waals surface area contributed by atoms with Crippen LogP contribution in [0.25, 0.3) is 0 Å². The molecule has 0 unspecified atom stereocenters. The van der Waals surface area contributed by atoms with E-state index in [0.29, 0.717) is 5.69 Å². The summed E-state index contributed by atoms with van der Waals surface area (Å²) in [5.74, 6) is 0.0856. The topological polar surface area (TPSA) is 38.0 Å². The summed E-state index contributed by atoms with van der Waals surface area (Å²) in [5, 5.41) is 12.6. The van der Waals surface area contributed by atoms with Crippen LogP contribution in [0.15, 0.2) is 0 Å². The van der Waals surface area contributed by atoms with Crippen molar-refractivity contribution in [3.63, 3.8) is 0 Å². The molecule has 3 heteroatoms. The van der Waals surface area contributed by atoms with Gasteiger partial charge in [0.25, 0.3) is 0 Å². The smallest absolute Gasteiger partial charge is 0.217 e. The fourth-order valence-electron chi connectivity index (χ4n) is 0.540. The van der Waals surface area contributed by atoms with Crippen molar-refractivity contribution in [2.45, 2.75) is 6.92 Å². The van der Waals surface area contributed by atoms with E-state index in [-0.39, 0.29) is 5.88 Å². The molecule has 0 amide bonds. The lowest BCUT2D eigenvalue weighted by molar-refractivity contribution is 0.418. The molecule has 3 nitrogen and oxygen atoms in total. The fraction of sp³-hybridized carbons (Fsp3) is 0.400. The first-order valence-corrected chi connectivity index (χ1v) is 2.32. The molecular formula is C5H7N2O. The van der Waals surface area contributed by atoms with Gasteiger partial charge in [0.05, 0.1) is 11.8 Å². The molecule has 0 aromatic carbocycles. The van der Waals surface area contributed by atoms with Gasteiger partial charge in [-0.25, -0.2) is 4.68 Å². The Morgan fingerprint density at radius 3 is 2.50 bits per heavy atom. The average molecular weight is 111 g/mol. The number of hydrogen-bond donors (Lipinski definition) is 1. The summed E-state index contributed by atoms with van der Waals surface area (Å²) in [4.78, 5) is 0. The third-order valence-electron chi connectivity index (χ3n) is 0.899. The van der Waals surface area contributed by atoms with Crippen molar-refractivity contribution in [1.29, 1.82) is 0 Å². The van der Waals surface area contributed by atoms with Crippen LogP contribution in [0.2, 0.25) is 0 Å². The molecule has 1 rings (SSSR count). The molecule has 0 aliphatic carbocycles. The summed E-state index contributed by atoms with van der Waals surface area (Å²) in [6.07, 6.45) is 0. The normalized spacial score (nSPS) is 9.75. The first-order chi connectivity index (χ1) is 3.70. The van der Waals surface area contributed by atoms with Crippen molar-refractivity contribution in [3.05, 3.63) is 11.8 Å². The molecule has 1 aromatic rings. The van der Waals surface area contributed by atoms with E-state index >= 15 is 0 Å². The Morgan fingerprint density at radius 1 is 1.75 bits per heavy atom. The number of aromatic hydroxyl groups is 1. The van der Waals surface area contributed by atoms with E-state index < -0.39 is 0 Å². The quantitative estimate of drug-likeness (QED) is 0.520. The molecule has 0 bridgehead atoms. The molecule has 1 radical (unpaired) electrons. The minimum atomic E-state index is 0.0856. The van der Waals surface area contributed by atoms with Crippen molar-refractivity contribution in [3.8, 4) is 5.88 Å². The van der Waals surface area contributed by atoms with Crippen LogP contribution in [-0.2, 0) is 7.05 Å².